The Bertz CT molecular complexity index is 615. The number of benzene rings is 1. The third-order valence-electron chi connectivity index (χ3n) is 3.64. The molecule has 0 atom stereocenters. The van der Waals surface area contributed by atoms with Crippen LogP contribution in [0.1, 0.15) is 23.2 Å². The summed E-state index contributed by atoms with van der Waals surface area (Å²) in [6.45, 7) is 2.25. The van der Waals surface area contributed by atoms with Crippen LogP contribution in [-0.4, -0.2) is 25.3 Å². The summed E-state index contributed by atoms with van der Waals surface area (Å²) in [5, 5.41) is 3.63. The highest BCUT2D eigenvalue weighted by Crippen LogP contribution is 2.23. The molecule has 0 radical (unpaired) electrons. The number of carbonyl (C=O) groups excluding carboxylic acids is 1. The number of carbonyl (C=O) groups is 1. The minimum Gasteiger partial charge on any atom is -0.457 e. The van der Waals surface area contributed by atoms with Crippen molar-refractivity contribution in [1.82, 2.24) is 0 Å². The summed E-state index contributed by atoms with van der Waals surface area (Å²) in [5.74, 6) is -0.145. The van der Waals surface area contributed by atoms with Gasteiger partial charge in [0.25, 0.3) is 5.91 Å². The molecule has 1 saturated heterocycles. The second-order valence-electron chi connectivity index (χ2n) is 5.05. The molecule has 1 aliphatic rings. The Morgan fingerprint density at radius 3 is 2.57 bits per heavy atom. The van der Waals surface area contributed by atoms with Gasteiger partial charge in [-0.2, -0.15) is 0 Å². The summed E-state index contributed by atoms with van der Waals surface area (Å²) in [6, 6.07) is 9.76. The number of rotatable bonds is 4. The van der Waals surface area contributed by atoms with E-state index in [1.807, 2.05) is 18.4 Å². The monoisotopic (exact) mass is 302 g/mol. The molecule has 1 N–H and O–H groups in total. The second kappa shape index (κ2) is 6.26. The number of amides is 1. The molecule has 0 bridgehead atoms. The molecule has 1 aromatic heterocycles. The molecule has 2 heterocycles. The molecule has 1 aliphatic heterocycles. The van der Waals surface area contributed by atoms with Crippen molar-refractivity contribution in [2.45, 2.75) is 17.9 Å². The van der Waals surface area contributed by atoms with Gasteiger partial charge in [0, 0.05) is 30.5 Å². The molecular weight excluding hydrogens is 284 g/mol. The third kappa shape index (κ3) is 3.24. The van der Waals surface area contributed by atoms with Crippen molar-refractivity contribution < 1.29 is 9.21 Å². The van der Waals surface area contributed by atoms with E-state index >= 15 is 0 Å². The molecule has 0 spiro atoms. The van der Waals surface area contributed by atoms with Gasteiger partial charge in [0.15, 0.2) is 5.09 Å². The summed E-state index contributed by atoms with van der Waals surface area (Å²) < 4.78 is 5.25. The highest BCUT2D eigenvalue weighted by Gasteiger charge is 2.13. The van der Waals surface area contributed by atoms with Crippen molar-refractivity contribution in [2.24, 2.45) is 0 Å². The molecule has 1 aromatic carbocycles. The number of nitrogens with zero attached hydrogens (tertiary/aromatic N) is 1. The van der Waals surface area contributed by atoms with Crippen LogP contribution < -0.4 is 10.2 Å². The lowest BCUT2D eigenvalue weighted by atomic mass is 10.2. The van der Waals surface area contributed by atoms with Crippen molar-refractivity contribution in [3.63, 3.8) is 0 Å². The van der Waals surface area contributed by atoms with Gasteiger partial charge in [-0.3, -0.25) is 4.79 Å². The molecule has 1 amide bonds. The summed E-state index contributed by atoms with van der Waals surface area (Å²) in [7, 11) is 0. The van der Waals surface area contributed by atoms with Crippen molar-refractivity contribution >= 4 is 29.0 Å². The van der Waals surface area contributed by atoms with E-state index in [1.54, 1.807) is 6.07 Å². The minimum atomic E-state index is -0.145. The van der Waals surface area contributed by atoms with Crippen molar-refractivity contribution in [3.8, 4) is 0 Å². The first kappa shape index (κ1) is 14.1. The van der Waals surface area contributed by atoms with E-state index < -0.39 is 0 Å². The fourth-order valence-corrected chi connectivity index (χ4v) is 2.87. The highest BCUT2D eigenvalue weighted by molar-refractivity contribution is 7.98. The predicted molar refractivity (Wildman–Crippen MR) is 86.3 cm³/mol. The molecule has 0 saturated carbocycles. The average Bonchev–Trinajstić information content (AvgIpc) is 3.19. The normalized spacial score (nSPS) is 14.4. The number of hydrogen-bond donors (Lipinski definition) is 1. The smallest absolute Gasteiger partial charge is 0.258 e. The van der Waals surface area contributed by atoms with Gasteiger partial charge in [-0.15, -0.1) is 0 Å². The molecule has 3 rings (SSSR count). The van der Waals surface area contributed by atoms with Crippen LogP contribution >= 0.6 is 11.8 Å². The van der Waals surface area contributed by atoms with Crippen LogP contribution in [0, 0.1) is 0 Å². The van der Waals surface area contributed by atoms with Crippen LogP contribution in [0.3, 0.4) is 0 Å². The van der Waals surface area contributed by atoms with Crippen LogP contribution in [-0.2, 0) is 0 Å². The van der Waals surface area contributed by atoms with Gasteiger partial charge in [-0.25, -0.2) is 0 Å². The zero-order valence-corrected chi connectivity index (χ0v) is 12.8. The Morgan fingerprint density at radius 1 is 1.24 bits per heavy atom. The standard InChI is InChI=1S/C16H18N2O2S/c1-21-15-10-12(11-20-15)16(19)17-13-4-6-14(7-5-13)18-8-2-3-9-18/h4-7,10-11H,2-3,8-9H2,1H3,(H,17,19). The molecule has 5 heteroatoms. The third-order valence-corrected chi connectivity index (χ3v) is 4.25. The summed E-state index contributed by atoms with van der Waals surface area (Å²) in [5.41, 5.74) is 2.57. The molecule has 21 heavy (non-hydrogen) atoms. The van der Waals surface area contributed by atoms with Gasteiger partial charge < -0.3 is 14.6 Å². The van der Waals surface area contributed by atoms with Gasteiger partial charge in [0.05, 0.1) is 5.56 Å². The van der Waals surface area contributed by atoms with Gasteiger partial charge in [-0.05, 0) is 43.4 Å². The maximum Gasteiger partial charge on any atom is 0.258 e. The largest absolute Gasteiger partial charge is 0.457 e. The molecule has 1 fully saturated rings. The van der Waals surface area contributed by atoms with E-state index in [2.05, 4.69) is 22.3 Å². The van der Waals surface area contributed by atoms with E-state index in [0.717, 1.165) is 23.9 Å². The number of hydrogen-bond acceptors (Lipinski definition) is 4. The lowest BCUT2D eigenvalue weighted by Gasteiger charge is -2.17. The van der Waals surface area contributed by atoms with Crippen molar-refractivity contribution in [2.75, 3.05) is 29.6 Å². The lowest BCUT2D eigenvalue weighted by Crippen LogP contribution is -2.17. The number of thioether (sulfide) groups is 1. The molecule has 0 aliphatic carbocycles. The summed E-state index contributed by atoms with van der Waals surface area (Å²) in [6.07, 6.45) is 5.92. The second-order valence-corrected chi connectivity index (χ2v) is 5.86. The van der Waals surface area contributed by atoms with Gasteiger partial charge in [0.1, 0.15) is 6.26 Å². The van der Waals surface area contributed by atoms with E-state index in [9.17, 15) is 4.79 Å². The fraction of sp³-hybridized carbons (Fsp3) is 0.312. The SMILES string of the molecule is CSc1cc(C(=O)Nc2ccc(N3CCCC3)cc2)co1. The molecule has 110 valence electrons. The number of furan rings is 1. The summed E-state index contributed by atoms with van der Waals surface area (Å²) >= 11 is 1.48. The van der Waals surface area contributed by atoms with Gasteiger partial charge in [-0.1, -0.05) is 11.8 Å². The molecule has 2 aromatic rings. The Labute approximate surface area is 128 Å². The lowest BCUT2D eigenvalue weighted by molar-refractivity contribution is 0.102. The zero-order valence-electron chi connectivity index (χ0n) is 12.0. The van der Waals surface area contributed by atoms with Crippen LogP contribution in [0.2, 0.25) is 0 Å². The maximum absolute atomic E-state index is 12.1. The Kier molecular flexibility index (Phi) is 4.20. The van der Waals surface area contributed by atoms with Gasteiger partial charge in [0.2, 0.25) is 0 Å². The van der Waals surface area contributed by atoms with Crippen molar-refractivity contribution in [3.05, 3.63) is 42.2 Å². The summed E-state index contributed by atoms with van der Waals surface area (Å²) in [4.78, 5) is 14.5. The van der Waals surface area contributed by atoms with Crippen LogP contribution in [0.4, 0.5) is 11.4 Å². The zero-order chi connectivity index (χ0) is 14.7. The Hall–Kier alpha value is -1.88. The first-order valence-corrected chi connectivity index (χ1v) is 8.27. The fourth-order valence-electron chi connectivity index (χ4n) is 2.48. The molecule has 0 unspecified atom stereocenters. The highest BCUT2D eigenvalue weighted by atomic mass is 32.2. The van der Waals surface area contributed by atoms with E-state index in [0.29, 0.717) is 5.56 Å². The Balaban J connectivity index is 1.65. The van der Waals surface area contributed by atoms with Crippen LogP contribution in [0.15, 0.2) is 46.1 Å². The maximum atomic E-state index is 12.1. The van der Waals surface area contributed by atoms with Crippen LogP contribution in [0.5, 0.6) is 0 Å². The number of anilines is 2. The number of nitrogens with one attached hydrogen (secondary N) is 1. The Morgan fingerprint density at radius 2 is 1.95 bits per heavy atom. The van der Waals surface area contributed by atoms with E-state index in [4.69, 9.17) is 4.42 Å². The van der Waals surface area contributed by atoms with Gasteiger partial charge >= 0.3 is 0 Å². The van der Waals surface area contributed by atoms with E-state index in [1.165, 1.54) is 36.6 Å². The minimum absolute atomic E-state index is 0.145. The van der Waals surface area contributed by atoms with Crippen LogP contribution in [0.25, 0.3) is 0 Å². The molecule has 4 nitrogen and oxygen atoms in total. The molecular formula is C16H18N2O2S. The first-order valence-electron chi connectivity index (χ1n) is 7.05. The topological polar surface area (TPSA) is 45.5 Å². The van der Waals surface area contributed by atoms with E-state index in [-0.39, 0.29) is 5.91 Å². The quantitative estimate of drug-likeness (QED) is 0.871. The first-order chi connectivity index (χ1) is 10.3. The predicted octanol–water partition coefficient (Wildman–Crippen LogP) is 3.85. The van der Waals surface area contributed by atoms with Crippen molar-refractivity contribution in [1.29, 1.82) is 0 Å². The average molecular weight is 302 g/mol.